The van der Waals surface area contributed by atoms with E-state index in [2.05, 4.69) is 5.32 Å². The maximum absolute atomic E-state index is 12.7. The summed E-state index contributed by atoms with van der Waals surface area (Å²) in [6, 6.07) is 18.9. The molecule has 0 bridgehead atoms. The summed E-state index contributed by atoms with van der Waals surface area (Å²) < 4.78 is 5.19. The molecule has 0 spiro atoms. The number of hydrogen-bond acceptors (Lipinski definition) is 3. The lowest BCUT2D eigenvalue weighted by atomic mass is 10.1. The Morgan fingerprint density at radius 3 is 2.65 bits per heavy atom. The number of ether oxygens (including phenoxy) is 1. The van der Waals surface area contributed by atoms with Gasteiger partial charge in [0.05, 0.1) is 12.8 Å². The van der Waals surface area contributed by atoms with Crippen LogP contribution in [0.2, 0.25) is 0 Å². The molecule has 3 aromatic rings. The van der Waals surface area contributed by atoms with E-state index in [0.29, 0.717) is 12.1 Å². The van der Waals surface area contributed by atoms with Crippen LogP contribution in [0.5, 0.6) is 5.75 Å². The topological polar surface area (TPSA) is 58.6 Å². The highest BCUT2D eigenvalue weighted by Crippen LogP contribution is 2.36. The van der Waals surface area contributed by atoms with Crippen molar-refractivity contribution in [2.45, 2.75) is 6.54 Å². The van der Waals surface area contributed by atoms with E-state index in [1.165, 1.54) is 0 Å². The van der Waals surface area contributed by atoms with E-state index < -0.39 is 0 Å². The van der Waals surface area contributed by atoms with E-state index in [-0.39, 0.29) is 18.4 Å². The number of nitrogens with zero attached hydrogens (tertiary/aromatic N) is 1. The number of nitrogens with one attached hydrogen (secondary N) is 1. The van der Waals surface area contributed by atoms with Gasteiger partial charge in [0.25, 0.3) is 5.91 Å². The fraction of sp³-hybridized carbons (Fsp3) is 0.143. The van der Waals surface area contributed by atoms with Crippen LogP contribution in [-0.4, -0.2) is 25.5 Å². The van der Waals surface area contributed by atoms with Crippen molar-refractivity contribution in [1.29, 1.82) is 0 Å². The van der Waals surface area contributed by atoms with Crippen molar-refractivity contribution in [2.24, 2.45) is 0 Å². The van der Waals surface area contributed by atoms with Crippen LogP contribution in [0.15, 0.2) is 60.7 Å². The van der Waals surface area contributed by atoms with E-state index in [4.69, 9.17) is 4.74 Å². The summed E-state index contributed by atoms with van der Waals surface area (Å²) in [5.74, 6) is 0.410. The van der Waals surface area contributed by atoms with Crippen LogP contribution in [0.3, 0.4) is 0 Å². The van der Waals surface area contributed by atoms with Crippen LogP contribution < -0.4 is 15.0 Å². The molecule has 1 N–H and O–H groups in total. The minimum atomic E-state index is -0.203. The van der Waals surface area contributed by atoms with Crippen molar-refractivity contribution < 1.29 is 14.3 Å². The van der Waals surface area contributed by atoms with Crippen molar-refractivity contribution in [3.8, 4) is 5.75 Å². The molecule has 2 amide bonds. The van der Waals surface area contributed by atoms with Gasteiger partial charge in [0.2, 0.25) is 5.91 Å². The van der Waals surface area contributed by atoms with Crippen LogP contribution in [0, 0.1) is 0 Å². The molecule has 0 unspecified atom stereocenters. The molecule has 0 radical (unpaired) electrons. The minimum absolute atomic E-state index is 0.00338. The average Bonchev–Trinajstić information content (AvgIpc) is 2.95. The highest BCUT2D eigenvalue weighted by Gasteiger charge is 2.30. The molecule has 5 heteroatoms. The van der Waals surface area contributed by atoms with Gasteiger partial charge >= 0.3 is 0 Å². The Kier molecular flexibility index (Phi) is 4.05. The molecular formula is C21H18N2O3. The number of carbonyl (C=O) groups is 2. The predicted octanol–water partition coefficient (Wildman–Crippen LogP) is 3.13. The van der Waals surface area contributed by atoms with Gasteiger partial charge in [-0.05, 0) is 35.2 Å². The normalized spacial score (nSPS) is 12.5. The quantitative estimate of drug-likeness (QED) is 0.772. The largest absolute Gasteiger partial charge is 0.497 e. The molecule has 1 heterocycles. The predicted molar refractivity (Wildman–Crippen MR) is 100 cm³/mol. The van der Waals surface area contributed by atoms with E-state index in [0.717, 1.165) is 27.8 Å². The van der Waals surface area contributed by atoms with Gasteiger partial charge in [-0.3, -0.25) is 14.5 Å². The molecule has 130 valence electrons. The molecule has 5 nitrogen and oxygen atoms in total. The molecule has 0 aliphatic carbocycles. The monoisotopic (exact) mass is 346 g/mol. The number of rotatable bonds is 5. The van der Waals surface area contributed by atoms with Crippen LogP contribution in [0.1, 0.15) is 15.9 Å². The third-order valence-electron chi connectivity index (χ3n) is 4.57. The van der Waals surface area contributed by atoms with Crippen LogP contribution in [0.4, 0.5) is 5.69 Å². The van der Waals surface area contributed by atoms with Gasteiger partial charge in [0, 0.05) is 17.5 Å². The van der Waals surface area contributed by atoms with Gasteiger partial charge in [-0.2, -0.15) is 0 Å². The van der Waals surface area contributed by atoms with Gasteiger partial charge in [-0.25, -0.2) is 0 Å². The molecule has 0 saturated carbocycles. The molecule has 0 atom stereocenters. The molecule has 1 aliphatic rings. The van der Waals surface area contributed by atoms with Crippen molar-refractivity contribution in [2.75, 3.05) is 18.6 Å². The second kappa shape index (κ2) is 6.52. The maximum atomic E-state index is 12.7. The van der Waals surface area contributed by atoms with Crippen LogP contribution in [0.25, 0.3) is 10.8 Å². The van der Waals surface area contributed by atoms with Gasteiger partial charge in [0.1, 0.15) is 12.3 Å². The fourth-order valence-electron chi connectivity index (χ4n) is 3.32. The molecule has 0 aromatic heterocycles. The molecule has 0 fully saturated rings. The zero-order valence-corrected chi connectivity index (χ0v) is 14.4. The summed E-state index contributed by atoms with van der Waals surface area (Å²) in [6.45, 7) is 0.381. The average molecular weight is 346 g/mol. The fourth-order valence-corrected chi connectivity index (χ4v) is 3.32. The summed E-state index contributed by atoms with van der Waals surface area (Å²) >= 11 is 0. The van der Waals surface area contributed by atoms with Gasteiger partial charge in [-0.15, -0.1) is 0 Å². The number of benzene rings is 3. The number of hydrogen-bond donors (Lipinski definition) is 1. The first-order valence-corrected chi connectivity index (χ1v) is 8.40. The lowest BCUT2D eigenvalue weighted by Gasteiger charge is -2.17. The van der Waals surface area contributed by atoms with Crippen molar-refractivity contribution in [1.82, 2.24) is 5.32 Å². The summed E-state index contributed by atoms with van der Waals surface area (Å²) in [7, 11) is 1.61. The van der Waals surface area contributed by atoms with Crippen molar-refractivity contribution in [3.63, 3.8) is 0 Å². The summed E-state index contributed by atoms with van der Waals surface area (Å²) in [6.07, 6.45) is 0. The standard InChI is InChI=1S/C21H18N2O3/c1-26-16-8-2-5-14(11-16)12-22-19(24)13-23-18-10-4-7-15-6-3-9-17(20(15)18)21(23)25/h2-11H,12-13H2,1H3,(H,22,24). The Hall–Kier alpha value is -3.34. The highest BCUT2D eigenvalue weighted by atomic mass is 16.5. The van der Waals surface area contributed by atoms with Gasteiger partial charge < -0.3 is 10.1 Å². The molecule has 1 aliphatic heterocycles. The first-order chi connectivity index (χ1) is 12.7. The zero-order chi connectivity index (χ0) is 18.1. The number of methoxy groups -OCH3 is 1. The van der Waals surface area contributed by atoms with E-state index in [1.807, 2.05) is 60.7 Å². The van der Waals surface area contributed by atoms with Crippen LogP contribution >= 0.6 is 0 Å². The zero-order valence-electron chi connectivity index (χ0n) is 14.4. The Labute approximate surface area is 151 Å². The third kappa shape index (κ3) is 2.77. The lowest BCUT2D eigenvalue weighted by molar-refractivity contribution is -0.119. The number of amides is 2. The summed E-state index contributed by atoms with van der Waals surface area (Å²) in [4.78, 5) is 26.6. The Bertz CT molecular complexity index is 1010. The summed E-state index contributed by atoms with van der Waals surface area (Å²) in [5, 5.41) is 4.79. The second-order valence-corrected chi connectivity index (χ2v) is 6.20. The molecular weight excluding hydrogens is 328 g/mol. The van der Waals surface area contributed by atoms with Gasteiger partial charge in [-0.1, -0.05) is 36.4 Å². The number of anilines is 1. The van der Waals surface area contributed by atoms with E-state index in [9.17, 15) is 9.59 Å². The molecule has 4 rings (SSSR count). The third-order valence-corrected chi connectivity index (χ3v) is 4.57. The summed E-state index contributed by atoms with van der Waals surface area (Å²) in [5.41, 5.74) is 2.38. The Morgan fingerprint density at radius 2 is 1.85 bits per heavy atom. The van der Waals surface area contributed by atoms with E-state index >= 15 is 0 Å². The Balaban J connectivity index is 1.49. The second-order valence-electron chi connectivity index (χ2n) is 6.20. The molecule has 0 saturated heterocycles. The first-order valence-electron chi connectivity index (χ1n) is 8.40. The van der Waals surface area contributed by atoms with Crippen molar-refractivity contribution in [3.05, 3.63) is 71.8 Å². The highest BCUT2D eigenvalue weighted by molar-refractivity contribution is 6.26. The lowest BCUT2D eigenvalue weighted by Crippen LogP contribution is -2.38. The van der Waals surface area contributed by atoms with Crippen molar-refractivity contribution >= 4 is 28.3 Å². The molecule has 3 aromatic carbocycles. The number of carbonyl (C=O) groups excluding carboxylic acids is 2. The van der Waals surface area contributed by atoms with E-state index in [1.54, 1.807) is 12.0 Å². The Morgan fingerprint density at radius 1 is 1.08 bits per heavy atom. The SMILES string of the molecule is COc1cccc(CNC(=O)CN2C(=O)c3cccc4cccc2c34)c1. The smallest absolute Gasteiger partial charge is 0.259 e. The van der Waals surface area contributed by atoms with Gasteiger partial charge in [0.15, 0.2) is 0 Å². The minimum Gasteiger partial charge on any atom is -0.497 e. The first kappa shape index (κ1) is 16.1. The molecule has 26 heavy (non-hydrogen) atoms. The maximum Gasteiger partial charge on any atom is 0.259 e. The van der Waals surface area contributed by atoms with Crippen LogP contribution in [-0.2, 0) is 11.3 Å².